The van der Waals surface area contributed by atoms with Gasteiger partial charge in [-0.25, -0.2) is 4.79 Å². The van der Waals surface area contributed by atoms with E-state index < -0.39 is 6.03 Å². The molecule has 0 aromatic rings. The molecule has 0 spiro atoms. The standard InChI is InChI=1S/C14H26N4O2/c1-2-15-14(20)17-13(19)10-18-8-5-11(6-9-18)12-4-3-7-16-12/h11-12,16H,2-10H2,1H3,(H2,15,17,19,20). The van der Waals surface area contributed by atoms with E-state index in [9.17, 15) is 9.59 Å². The number of nitrogens with one attached hydrogen (secondary N) is 3. The van der Waals surface area contributed by atoms with Gasteiger partial charge in [-0.15, -0.1) is 0 Å². The Balaban J connectivity index is 1.66. The van der Waals surface area contributed by atoms with Gasteiger partial charge in [0.05, 0.1) is 6.54 Å². The van der Waals surface area contributed by atoms with Crippen LogP contribution >= 0.6 is 0 Å². The van der Waals surface area contributed by atoms with Gasteiger partial charge in [-0.3, -0.25) is 15.0 Å². The molecule has 1 atom stereocenters. The molecule has 2 aliphatic rings. The molecule has 3 N–H and O–H groups in total. The highest BCUT2D eigenvalue weighted by molar-refractivity contribution is 5.95. The number of likely N-dealkylation sites (tertiary alicyclic amines) is 1. The third-order valence-corrected chi connectivity index (χ3v) is 4.26. The second-order valence-electron chi connectivity index (χ2n) is 5.72. The number of rotatable bonds is 4. The quantitative estimate of drug-likeness (QED) is 0.693. The normalized spacial score (nSPS) is 24.6. The first-order valence-electron chi connectivity index (χ1n) is 7.72. The molecule has 1 unspecified atom stereocenters. The van der Waals surface area contributed by atoms with Gasteiger partial charge in [0.25, 0.3) is 0 Å². The molecule has 0 aromatic carbocycles. The molecular formula is C14H26N4O2. The highest BCUT2D eigenvalue weighted by Crippen LogP contribution is 2.25. The predicted molar refractivity (Wildman–Crippen MR) is 77.4 cm³/mol. The molecule has 20 heavy (non-hydrogen) atoms. The van der Waals surface area contributed by atoms with E-state index in [4.69, 9.17) is 0 Å². The van der Waals surface area contributed by atoms with Crippen molar-refractivity contribution in [3.8, 4) is 0 Å². The van der Waals surface area contributed by atoms with Crippen LogP contribution in [0, 0.1) is 5.92 Å². The lowest BCUT2D eigenvalue weighted by Gasteiger charge is -2.34. The van der Waals surface area contributed by atoms with Crippen LogP contribution in [0.4, 0.5) is 4.79 Å². The van der Waals surface area contributed by atoms with Crippen molar-refractivity contribution in [2.45, 2.75) is 38.6 Å². The summed E-state index contributed by atoms with van der Waals surface area (Å²) < 4.78 is 0. The number of hydrogen-bond donors (Lipinski definition) is 3. The summed E-state index contributed by atoms with van der Waals surface area (Å²) in [6.45, 7) is 5.73. The minimum atomic E-state index is -0.400. The summed E-state index contributed by atoms with van der Waals surface area (Å²) in [4.78, 5) is 25.1. The summed E-state index contributed by atoms with van der Waals surface area (Å²) in [5.41, 5.74) is 0. The molecular weight excluding hydrogens is 256 g/mol. The van der Waals surface area contributed by atoms with E-state index in [-0.39, 0.29) is 5.91 Å². The van der Waals surface area contributed by atoms with Crippen molar-refractivity contribution in [2.24, 2.45) is 5.92 Å². The van der Waals surface area contributed by atoms with Gasteiger partial charge in [-0.1, -0.05) is 0 Å². The average molecular weight is 282 g/mol. The Labute approximate surface area is 120 Å². The smallest absolute Gasteiger partial charge is 0.321 e. The number of carbonyl (C=O) groups excluding carboxylic acids is 2. The number of amides is 3. The van der Waals surface area contributed by atoms with E-state index in [1.807, 2.05) is 6.92 Å². The first-order chi connectivity index (χ1) is 9.69. The van der Waals surface area contributed by atoms with Gasteiger partial charge < -0.3 is 10.6 Å². The molecule has 3 amide bonds. The van der Waals surface area contributed by atoms with Crippen molar-refractivity contribution in [3.63, 3.8) is 0 Å². The van der Waals surface area contributed by atoms with Crippen LogP contribution in [0.1, 0.15) is 32.6 Å². The van der Waals surface area contributed by atoms with E-state index in [1.165, 1.54) is 12.8 Å². The Morgan fingerprint density at radius 2 is 2.00 bits per heavy atom. The summed E-state index contributed by atoms with van der Waals surface area (Å²) in [6.07, 6.45) is 4.88. The summed E-state index contributed by atoms with van der Waals surface area (Å²) in [6, 6.07) is 0.281. The fourth-order valence-electron chi connectivity index (χ4n) is 3.20. The molecule has 0 aliphatic carbocycles. The molecule has 0 saturated carbocycles. The van der Waals surface area contributed by atoms with E-state index in [0.717, 1.165) is 38.4 Å². The first-order valence-corrected chi connectivity index (χ1v) is 7.72. The maximum Gasteiger partial charge on any atom is 0.321 e. The van der Waals surface area contributed by atoms with E-state index in [0.29, 0.717) is 19.1 Å². The average Bonchev–Trinajstić information content (AvgIpc) is 2.93. The van der Waals surface area contributed by atoms with Gasteiger partial charge in [0.15, 0.2) is 0 Å². The van der Waals surface area contributed by atoms with Crippen LogP contribution in [0.5, 0.6) is 0 Å². The zero-order valence-corrected chi connectivity index (χ0v) is 12.3. The highest BCUT2D eigenvalue weighted by atomic mass is 16.2. The molecule has 6 heteroatoms. The zero-order chi connectivity index (χ0) is 14.4. The van der Waals surface area contributed by atoms with Crippen molar-refractivity contribution in [3.05, 3.63) is 0 Å². The van der Waals surface area contributed by atoms with Crippen LogP contribution in [-0.4, -0.2) is 55.6 Å². The molecule has 6 nitrogen and oxygen atoms in total. The molecule has 0 aromatic heterocycles. The van der Waals surface area contributed by atoms with Crippen molar-refractivity contribution >= 4 is 11.9 Å². The summed E-state index contributed by atoms with van der Waals surface area (Å²) >= 11 is 0. The van der Waals surface area contributed by atoms with Crippen LogP contribution in [-0.2, 0) is 4.79 Å². The van der Waals surface area contributed by atoms with Gasteiger partial charge >= 0.3 is 6.03 Å². The third kappa shape index (κ3) is 4.45. The van der Waals surface area contributed by atoms with Crippen molar-refractivity contribution in [2.75, 3.05) is 32.7 Å². The predicted octanol–water partition coefficient (Wildman–Crippen LogP) is 0.296. The minimum absolute atomic E-state index is 0.214. The number of imide groups is 1. The van der Waals surface area contributed by atoms with Gasteiger partial charge in [0.1, 0.15) is 0 Å². The van der Waals surface area contributed by atoms with E-state index >= 15 is 0 Å². The van der Waals surface area contributed by atoms with Gasteiger partial charge in [0, 0.05) is 12.6 Å². The Morgan fingerprint density at radius 3 is 2.60 bits per heavy atom. The van der Waals surface area contributed by atoms with Crippen LogP contribution in [0.15, 0.2) is 0 Å². The highest BCUT2D eigenvalue weighted by Gasteiger charge is 2.28. The lowest BCUT2D eigenvalue weighted by molar-refractivity contribution is -0.121. The van der Waals surface area contributed by atoms with Crippen molar-refractivity contribution in [1.29, 1.82) is 0 Å². The largest absolute Gasteiger partial charge is 0.338 e. The number of urea groups is 1. The van der Waals surface area contributed by atoms with Crippen LogP contribution < -0.4 is 16.0 Å². The summed E-state index contributed by atoms with van der Waals surface area (Å²) in [7, 11) is 0. The third-order valence-electron chi connectivity index (χ3n) is 4.26. The fourth-order valence-corrected chi connectivity index (χ4v) is 3.20. The van der Waals surface area contributed by atoms with Crippen molar-refractivity contribution in [1.82, 2.24) is 20.9 Å². The summed E-state index contributed by atoms with van der Waals surface area (Å²) in [5.74, 6) is 0.536. The Morgan fingerprint density at radius 1 is 1.25 bits per heavy atom. The first kappa shape index (κ1) is 15.3. The van der Waals surface area contributed by atoms with Crippen LogP contribution in [0.3, 0.4) is 0 Å². The fraction of sp³-hybridized carbons (Fsp3) is 0.857. The molecule has 0 radical (unpaired) electrons. The van der Waals surface area contributed by atoms with Gasteiger partial charge in [0.2, 0.25) is 5.91 Å². The maximum absolute atomic E-state index is 11.7. The van der Waals surface area contributed by atoms with E-state index in [1.54, 1.807) is 0 Å². The molecule has 0 bridgehead atoms. The van der Waals surface area contributed by atoms with Gasteiger partial charge in [-0.2, -0.15) is 0 Å². The molecule has 2 rings (SSSR count). The number of hydrogen-bond acceptors (Lipinski definition) is 4. The topological polar surface area (TPSA) is 73.5 Å². The zero-order valence-electron chi connectivity index (χ0n) is 12.3. The van der Waals surface area contributed by atoms with Crippen molar-refractivity contribution < 1.29 is 9.59 Å². The summed E-state index contributed by atoms with van der Waals surface area (Å²) in [5, 5.41) is 8.48. The minimum Gasteiger partial charge on any atom is -0.338 e. The molecule has 2 saturated heterocycles. The number of piperidine rings is 1. The number of nitrogens with zero attached hydrogens (tertiary/aromatic N) is 1. The Bertz CT molecular complexity index is 334. The molecule has 2 heterocycles. The Hall–Kier alpha value is -1.14. The van der Waals surface area contributed by atoms with E-state index in [2.05, 4.69) is 20.9 Å². The lowest BCUT2D eigenvalue weighted by atomic mass is 9.88. The Kier molecular flexibility index (Phi) is 5.79. The number of carbonyl (C=O) groups is 2. The van der Waals surface area contributed by atoms with Crippen LogP contribution in [0.2, 0.25) is 0 Å². The SMILES string of the molecule is CCNC(=O)NC(=O)CN1CCC(C2CCCN2)CC1. The lowest BCUT2D eigenvalue weighted by Crippen LogP contribution is -2.47. The molecule has 114 valence electrons. The maximum atomic E-state index is 11.7. The van der Waals surface area contributed by atoms with Gasteiger partial charge in [-0.05, 0) is 58.2 Å². The monoisotopic (exact) mass is 282 g/mol. The second-order valence-corrected chi connectivity index (χ2v) is 5.72. The molecule has 2 fully saturated rings. The van der Waals surface area contributed by atoms with Crippen LogP contribution in [0.25, 0.3) is 0 Å². The molecule has 2 aliphatic heterocycles. The second kappa shape index (κ2) is 7.59.